The Morgan fingerprint density at radius 2 is 1.90 bits per heavy atom. The number of nitrogens with zero attached hydrogens (tertiary/aromatic N) is 2. The van der Waals surface area contributed by atoms with Crippen LogP contribution in [0.25, 0.3) is 0 Å². The van der Waals surface area contributed by atoms with Gasteiger partial charge in [0.05, 0.1) is 0 Å². The largest absolute Gasteiger partial charge is 0.299 e. The van der Waals surface area contributed by atoms with Crippen molar-refractivity contribution in [2.24, 2.45) is 0 Å². The van der Waals surface area contributed by atoms with Crippen molar-refractivity contribution in [2.75, 3.05) is 26.7 Å². The monoisotopic (exact) mass is 254 g/mol. The quantitative estimate of drug-likeness (QED) is 0.475. The highest BCUT2D eigenvalue weighted by Crippen LogP contribution is 2.20. The molecule has 0 aromatic rings. The highest BCUT2D eigenvalue weighted by molar-refractivity contribution is 14.1. The highest BCUT2D eigenvalue weighted by Gasteiger charge is 2.29. The fourth-order valence-corrected chi connectivity index (χ4v) is 2.23. The van der Waals surface area contributed by atoms with Crippen molar-refractivity contribution in [1.29, 1.82) is 0 Å². The summed E-state index contributed by atoms with van der Waals surface area (Å²) in [6.07, 6.45) is 0. The van der Waals surface area contributed by atoms with Gasteiger partial charge in [0.15, 0.2) is 0 Å². The lowest BCUT2D eigenvalue weighted by Crippen LogP contribution is -2.54. The van der Waals surface area contributed by atoms with Gasteiger partial charge in [0.25, 0.3) is 0 Å². The summed E-state index contributed by atoms with van der Waals surface area (Å²) >= 11 is 2.40. The maximum absolute atomic E-state index is 2.42. The smallest absolute Gasteiger partial charge is 0.0285 e. The SMILES string of the molecule is CN1CCN(I)CC1(C)C. The molecule has 60 valence electrons. The minimum Gasteiger partial charge on any atom is -0.299 e. The third kappa shape index (κ3) is 1.83. The zero-order chi connectivity index (χ0) is 7.78. The van der Waals surface area contributed by atoms with Crippen LogP contribution in [0.15, 0.2) is 0 Å². The van der Waals surface area contributed by atoms with E-state index >= 15 is 0 Å². The lowest BCUT2D eigenvalue weighted by Gasteiger charge is -2.43. The molecule has 0 aliphatic carbocycles. The van der Waals surface area contributed by atoms with Gasteiger partial charge < -0.3 is 0 Å². The molecular formula is C7H15IN2. The average Bonchev–Trinajstić information content (AvgIpc) is 1.78. The zero-order valence-electron chi connectivity index (χ0n) is 6.89. The van der Waals surface area contributed by atoms with E-state index in [1.54, 1.807) is 0 Å². The van der Waals surface area contributed by atoms with Gasteiger partial charge in [-0.05, 0) is 20.9 Å². The van der Waals surface area contributed by atoms with Crippen LogP contribution < -0.4 is 0 Å². The molecule has 2 nitrogen and oxygen atoms in total. The molecule has 1 saturated heterocycles. The second-order valence-corrected chi connectivity index (χ2v) is 4.94. The lowest BCUT2D eigenvalue weighted by molar-refractivity contribution is 0.0926. The Labute approximate surface area is 77.1 Å². The Kier molecular flexibility index (Phi) is 2.58. The molecule has 0 amide bonds. The molecule has 0 N–H and O–H groups in total. The molecule has 3 heteroatoms. The zero-order valence-corrected chi connectivity index (χ0v) is 9.05. The molecule has 0 bridgehead atoms. The third-order valence-electron chi connectivity index (χ3n) is 2.27. The van der Waals surface area contributed by atoms with Crippen LogP contribution in [-0.2, 0) is 0 Å². The summed E-state index contributed by atoms with van der Waals surface area (Å²) in [7, 11) is 2.20. The maximum atomic E-state index is 2.42. The van der Waals surface area contributed by atoms with E-state index in [0.717, 1.165) is 0 Å². The summed E-state index contributed by atoms with van der Waals surface area (Å²) in [5.74, 6) is 0. The van der Waals surface area contributed by atoms with E-state index in [9.17, 15) is 0 Å². The second kappa shape index (κ2) is 2.95. The standard InChI is InChI=1S/C7H15IN2/c1-7(2)6-10(8)5-4-9(7)3/h4-6H2,1-3H3. The molecule has 0 spiro atoms. The maximum Gasteiger partial charge on any atom is 0.0285 e. The molecule has 1 rings (SSSR count). The number of halogens is 1. The van der Waals surface area contributed by atoms with E-state index in [1.165, 1.54) is 19.6 Å². The molecule has 0 aromatic heterocycles. The van der Waals surface area contributed by atoms with Gasteiger partial charge in [0.2, 0.25) is 0 Å². The van der Waals surface area contributed by atoms with E-state index in [-0.39, 0.29) is 0 Å². The summed E-state index contributed by atoms with van der Waals surface area (Å²) in [5.41, 5.74) is 0.361. The summed E-state index contributed by atoms with van der Waals surface area (Å²) in [4.78, 5) is 2.42. The van der Waals surface area contributed by atoms with Crippen molar-refractivity contribution >= 4 is 22.9 Å². The molecule has 0 radical (unpaired) electrons. The minimum absolute atomic E-state index is 0.361. The molecule has 0 aromatic carbocycles. The summed E-state index contributed by atoms with van der Waals surface area (Å²) in [6, 6.07) is 0. The number of likely N-dealkylation sites (N-methyl/N-ethyl adjacent to an activating group) is 1. The van der Waals surface area contributed by atoms with Gasteiger partial charge in [0, 0.05) is 48.0 Å². The van der Waals surface area contributed by atoms with Gasteiger partial charge >= 0.3 is 0 Å². The Balaban J connectivity index is 2.55. The predicted molar refractivity (Wildman–Crippen MR) is 52.3 cm³/mol. The van der Waals surface area contributed by atoms with E-state index in [4.69, 9.17) is 0 Å². The first kappa shape index (κ1) is 8.74. The molecule has 1 fully saturated rings. The van der Waals surface area contributed by atoms with E-state index in [0.29, 0.717) is 5.54 Å². The van der Waals surface area contributed by atoms with Crippen LogP contribution in [0.5, 0.6) is 0 Å². The van der Waals surface area contributed by atoms with Crippen LogP contribution in [0.1, 0.15) is 13.8 Å². The van der Waals surface area contributed by atoms with Crippen LogP contribution in [-0.4, -0.2) is 40.2 Å². The normalized spacial score (nSPS) is 28.8. The molecule has 1 aliphatic rings. The molecule has 0 saturated carbocycles. The number of piperazine rings is 1. The Morgan fingerprint density at radius 3 is 2.30 bits per heavy atom. The summed E-state index contributed by atoms with van der Waals surface area (Å²) < 4.78 is 2.36. The van der Waals surface area contributed by atoms with Crippen LogP contribution in [0, 0.1) is 0 Å². The van der Waals surface area contributed by atoms with Crippen LogP contribution in [0.2, 0.25) is 0 Å². The summed E-state index contributed by atoms with van der Waals surface area (Å²) in [5, 5.41) is 0. The Morgan fingerprint density at radius 1 is 1.30 bits per heavy atom. The minimum atomic E-state index is 0.361. The fourth-order valence-electron chi connectivity index (χ4n) is 1.18. The first-order valence-corrected chi connectivity index (χ1v) is 4.61. The van der Waals surface area contributed by atoms with Crippen LogP contribution in [0.4, 0.5) is 0 Å². The molecule has 10 heavy (non-hydrogen) atoms. The molecule has 0 unspecified atom stereocenters. The van der Waals surface area contributed by atoms with Gasteiger partial charge in [-0.25, -0.2) is 3.11 Å². The van der Waals surface area contributed by atoms with Crippen LogP contribution >= 0.6 is 22.9 Å². The van der Waals surface area contributed by atoms with E-state index in [2.05, 4.69) is 51.8 Å². The number of rotatable bonds is 0. The van der Waals surface area contributed by atoms with Crippen molar-refractivity contribution in [2.45, 2.75) is 19.4 Å². The molecular weight excluding hydrogens is 239 g/mol. The summed E-state index contributed by atoms with van der Waals surface area (Å²) in [6.45, 7) is 8.14. The van der Waals surface area contributed by atoms with Crippen molar-refractivity contribution in [1.82, 2.24) is 8.01 Å². The van der Waals surface area contributed by atoms with Gasteiger partial charge in [-0.3, -0.25) is 4.90 Å². The van der Waals surface area contributed by atoms with Crippen molar-refractivity contribution in [3.05, 3.63) is 0 Å². The highest BCUT2D eigenvalue weighted by atomic mass is 127. The molecule has 1 aliphatic heterocycles. The molecule has 1 heterocycles. The second-order valence-electron chi connectivity index (χ2n) is 3.58. The Bertz CT molecular complexity index is 125. The number of hydrogen-bond donors (Lipinski definition) is 0. The van der Waals surface area contributed by atoms with E-state index in [1.807, 2.05) is 0 Å². The van der Waals surface area contributed by atoms with Crippen molar-refractivity contribution < 1.29 is 0 Å². The van der Waals surface area contributed by atoms with Crippen molar-refractivity contribution in [3.63, 3.8) is 0 Å². The third-order valence-corrected chi connectivity index (χ3v) is 3.09. The van der Waals surface area contributed by atoms with Crippen LogP contribution in [0.3, 0.4) is 0 Å². The first-order valence-electron chi connectivity index (χ1n) is 3.64. The average molecular weight is 254 g/mol. The van der Waals surface area contributed by atoms with Gasteiger partial charge in [-0.15, -0.1) is 0 Å². The van der Waals surface area contributed by atoms with Crippen molar-refractivity contribution in [3.8, 4) is 0 Å². The molecule has 0 atom stereocenters. The first-order chi connectivity index (χ1) is 4.52. The number of hydrogen-bond acceptors (Lipinski definition) is 2. The lowest BCUT2D eigenvalue weighted by atomic mass is 10.0. The van der Waals surface area contributed by atoms with Gasteiger partial charge in [-0.2, -0.15) is 0 Å². The van der Waals surface area contributed by atoms with Gasteiger partial charge in [-0.1, -0.05) is 0 Å². The topological polar surface area (TPSA) is 6.48 Å². The van der Waals surface area contributed by atoms with E-state index < -0.39 is 0 Å². The fraction of sp³-hybridized carbons (Fsp3) is 1.00. The Hall–Kier alpha value is 0.650. The van der Waals surface area contributed by atoms with Gasteiger partial charge in [0.1, 0.15) is 0 Å². The predicted octanol–water partition coefficient (Wildman–Crippen LogP) is 1.36.